The van der Waals surface area contributed by atoms with Crippen LogP contribution in [0.5, 0.6) is 0 Å². The Labute approximate surface area is 234 Å². The fraction of sp³-hybridized carbons (Fsp3) is 0.333. The lowest BCUT2D eigenvalue weighted by molar-refractivity contribution is -0.161. The number of fused-ring (bicyclic) bond motifs is 1. The lowest BCUT2D eigenvalue weighted by atomic mass is 9.95. The highest BCUT2D eigenvalue weighted by molar-refractivity contribution is 8.01. The molecule has 0 aromatic heterocycles. The Balaban J connectivity index is 1.39. The maximum absolute atomic E-state index is 13.3. The Bertz CT molecular complexity index is 1350. The Morgan fingerprint density at radius 3 is 2.27 bits per heavy atom. The van der Waals surface area contributed by atoms with E-state index in [1.165, 1.54) is 35.7 Å². The molecule has 4 atom stereocenters. The van der Waals surface area contributed by atoms with Crippen LogP contribution >= 0.6 is 11.8 Å². The van der Waals surface area contributed by atoms with E-state index in [2.05, 4.69) is 21.3 Å². The van der Waals surface area contributed by atoms with E-state index in [4.69, 9.17) is 0 Å². The van der Waals surface area contributed by atoms with Gasteiger partial charge in [-0.15, -0.1) is 11.8 Å². The predicted octanol–water partition coefficient (Wildman–Crippen LogP) is 0.864. The molecular weight excluding hydrogens is 538 g/mol. The summed E-state index contributed by atoms with van der Waals surface area (Å²) in [7, 11) is 0. The zero-order valence-corrected chi connectivity index (χ0v) is 22.8. The van der Waals surface area contributed by atoms with E-state index in [0.29, 0.717) is 11.3 Å². The molecule has 0 radical (unpaired) electrons. The van der Waals surface area contributed by atoms with Gasteiger partial charge in [-0.2, -0.15) is 0 Å². The van der Waals surface area contributed by atoms with Crippen molar-refractivity contribution in [2.24, 2.45) is 0 Å². The number of carbonyl (C=O) groups is 6. The smallest absolute Gasteiger partial charge is 0.327 e. The van der Waals surface area contributed by atoms with E-state index in [0.717, 1.165) is 0 Å². The van der Waals surface area contributed by atoms with E-state index in [9.17, 15) is 33.9 Å². The van der Waals surface area contributed by atoms with Crippen molar-refractivity contribution in [2.45, 2.75) is 49.0 Å². The first-order valence-corrected chi connectivity index (χ1v) is 13.3. The molecular formula is C27H29N5O7S. The minimum atomic E-state index is -1.17. The van der Waals surface area contributed by atoms with Crippen molar-refractivity contribution in [1.29, 1.82) is 0 Å². The second kappa shape index (κ2) is 11.4. The van der Waals surface area contributed by atoms with Crippen LogP contribution in [0.15, 0.2) is 54.6 Å². The topological polar surface area (TPSA) is 174 Å². The molecule has 13 heteroatoms. The molecule has 0 spiro atoms. The van der Waals surface area contributed by atoms with Crippen molar-refractivity contribution < 1.29 is 33.9 Å². The van der Waals surface area contributed by atoms with Crippen LogP contribution in [0.2, 0.25) is 0 Å². The van der Waals surface area contributed by atoms with Crippen LogP contribution in [0.1, 0.15) is 42.7 Å². The van der Waals surface area contributed by atoms with Gasteiger partial charge < -0.3 is 31.3 Å². The molecule has 2 aromatic carbocycles. The lowest BCUT2D eigenvalue weighted by Crippen LogP contribution is -2.71. The van der Waals surface area contributed by atoms with Gasteiger partial charge in [0.15, 0.2) is 0 Å². The normalized spacial score (nSPS) is 21.3. The number of amides is 5. The summed E-state index contributed by atoms with van der Waals surface area (Å²) in [6.07, 6.45) is 0. The predicted molar refractivity (Wildman–Crippen MR) is 146 cm³/mol. The minimum absolute atomic E-state index is 0.250. The van der Waals surface area contributed by atoms with Crippen LogP contribution in [-0.4, -0.2) is 74.3 Å². The van der Waals surface area contributed by atoms with Crippen LogP contribution in [0.4, 0.5) is 5.69 Å². The molecule has 1 unspecified atom stereocenters. The summed E-state index contributed by atoms with van der Waals surface area (Å²) in [5.41, 5.74) is 1.24. The Morgan fingerprint density at radius 1 is 1.02 bits per heavy atom. The van der Waals surface area contributed by atoms with E-state index in [1.807, 2.05) is 0 Å². The number of carboxylic acids is 1. The summed E-state index contributed by atoms with van der Waals surface area (Å²) < 4.78 is -0.749. The second-order valence-electron chi connectivity index (χ2n) is 9.94. The van der Waals surface area contributed by atoms with E-state index < -0.39 is 64.4 Å². The highest BCUT2D eigenvalue weighted by atomic mass is 32.2. The van der Waals surface area contributed by atoms with Crippen molar-refractivity contribution in [3.63, 3.8) is 0 Å². The van der Waals surface area contributed by atoms with Gasteiger partial charge in [0.25, 0.3) is 5.91 Å². The molecule has 2 aliphatic rings. The number of carboxylic acid groups (broad SMARTS) is 1. The summed E-state index contributed by atoms with van der Waals surface area (Å²) >= 11 is 1.30. The van der Waals surface area contributed by atoms with Crippen LogP contribution in [0.25, 0.3) is 0 Å². The third-order valence-corrected chi connectivity index (χ3v) is 8.12. The number of aliphatic carboxylic acids is 1. The number of β-lactam (4-membered cyclic amide) rings is 1. The highest BCUT2D eigenvalue weighted by Crippen LogP contribution is 2.50. The minimum Gasteiger partial charge on any atom is -0.480 e. The molecule has 4 rings (SSSR count). The Morgan fingerprint density at radius 2 is 1.68 bits per heavy atom. The first kappa shape index (κ1) is 28.6. The highest BCUT2D eigenvalue weighted by Gasteiger charge is 2.64. The number of nitrogens with one attached hydrogen (secondary N) is 4. The fourth-order valence-electron chi connectivity index (χ4n) is 4.71. The summed E-state index contributed by atoms with van der Waals surface area (Å²) in [5, 5.41) is 19.4. The van der Waals surface area contributed by atoms with Gasteiger partial charge in [-0.1, -0.05) is 30.3 Å². The zero-order valence-electron chi connectivity index (χ0n) is 22.0. The summed E-state index contributed by atoms with van der Waals surface area (Å²) in [6, 6.07) is 11.4. The van der Waals surface area contributed by atoms with E-state index in [1.54, 1.807) is 56.3 Å². The number of benzene rings is 2. The van der Waals surface area contributed by atoms with Gasteiger partial charge in [0.2, 0.25) is 23.6 Å². The molecule has 2 aliphatic heterocycles. The number of thioether (sulfide) groups is 1. The van der Waals surface area contributed by atoms with Gasteiger partial charge in [-0.3, -0.25) is 24.0 Å². The molecule has 0 bridgehead atoms. The summed E-state index contributed by atoms with van der Waals surface area (Å²) in [4.78, 5) is 75.6. The maximum Gasteiger partial charge on any atom is 0.327 e. The van der Waals surface area contributed by atoms with Gasteiger partial charge in [-0.05, 0) is 43.7 Å². The van der Waals surface area contributed by atoms with Crippen molar-refractivity contribution in [3.8, 4) is 0 Å². The quantitative estimate of drug-likeness (QED) is 0.278. The van der Waals surface area contributed by atoms with Gasteiger partial charge >= 0.3 is 5.97 Å². The average Bonchev–Trinajstić information content (AvgIpc) is 3.17. The van der Waals surface area contributed by atoms with Gasteiger partial charge in [0, 0.05) is 22.9 Å². The monoisotopic (exact) mass is 567 g/mol. The van der Waals surface area contributed by atoms with E-state index in [-0.39, 0.29) is 11.5 Å². The average molecular weight is 568 g/mol. The third kappa shape index (κ3) is 5.93. The molecule has 210 valence electrons. The number of hydrogen-bond acceptors (Lipinski definition) is 7. The summed E-state index contributed by atoms with van der Waals surface area (Å²) in [5.74, 6) is -3.68. The van der Waals surface area contributed by atoms with Crippen LogP contribution in [0.3, 0.4) is 0 Å². The molecule has 2 heterocycles. The molecule has 0 saturated carbocycles. The fourth-order valence-corrected chi connectivity index (χ4v) is 6.34. The number of anilines is 1. The third-order valence-electron chi connectivity index (χ3n) is 6.55. The van der Waals surface area contributed by atoms with Crippen LogP contribution in [0, 0.1) is 0 Å². The van der Waals surface area contributed by atoms with Crippen molar-refractivity contribution in [2.75, 3.05) is 11.9 Å². The molecule has 40 heavy (non-hydrogen) atoms. The largest absolute Gasteiger partial charge is 0.480 e. The molecule has 5 amide bonds. The van der Waals surface area contributed by atoms with Gasteiger partial charge in [-0.25, -0.2) is 4.79 Å². The van der Waals surface area contributed by atoms with E-state index >= 15 is 0 Å². The van der Waals surface area contributed by atoms with Gasteiger partial charge in [0.1, 0.15) is 23.5 Å². The zero-order chi connectivity index (χ0) is 29.2. The molecule has 0 aliphatic carbocycles. The maximum atomic E-state index is 13.3. The lowest BCUT2D eigenvalue weighted by Gasteiger charge is -2.44. The van der Waals surface area contributed by atoms with Crippen molar-refractivity contribution in [1.82, 2.24) is 20.9 Å². The standard InChI is InChI=1S/C27H29N5O7S/c1-14(33)29-17-11-9-16(10-12-17)22(35)28-13-18(34)30-19(15-7-5-4-6-8-15)23(36)31-20-24(37)32-21(26(38)39)27(2,3)40-25(20)32/h4-12,19-21,25H,13H2,1-3H3,(H,28,35)(H,29,33)(H,30,34)(H,31,36)(H,38,39)/t19?,20-,21+,25-/m1/s1. The molecule has 2 saturated heterocycles. The summed E-state index contributed by atoms with van der Waals surface area (Å²) in [6.45, 7) is 4.41. The van der Waals surface area contributed by atoms with Crippen molar-refractivity contribution in [3.05, 3.63) is 65.7 Å². The molecule has 2 fully saturated rings. The SMILES string of the molecule is CC(=O)Nc1ccc(C(=O)NCC(=O)NC(C(=O)N[C@@H]2C(=O)N3[C@@H]2SC(C)(C)[C@@H]3C(=O)O)c2ccccc2)cc1. The second-order valence-corrected chi connectivity index (χ2v) is 11.7. The number of carbonyl (C=O) groups excluding carboxylic acids is 5. The first-order chi connectivity index (χ1) is 18.9. The Hall–Kier alpha value is -4.39. The number of hydrogen-bond donors (Lipinski definition) is 5. The molecule has 5 N–H and O–H groups in total. The van der Waals surface area contributed by atoms with Crippen LogP contribution in [-0.2, 0) is 24.0 Å². The Kier molecular flexibility index (Phi) is 8.14. The molecule has 12 nitrogen and oxygen atoms in total. The van der Waals surface area contributed by atoms with Crippen molar-refractivity contribution >= 4 is 53.0 Å². The molecule has 2 aromatic rings. The number of rotatable bonds is 9. The number of nitrogens with zero attached hydrogens (tertiary/aromatic N) is 1. The van der Waals surface area contributed by atoms with Gasteiger partial charge in [0.05, 0.1) is 6.54 Å². The first-order valence-electron chi connectivity index (χ1n) is 12.4. The van der Waals surface area contributed by atoms with Crippen LogP contribution < -0.4 is 21.3 Å².